The number of rotatable bonds is 3. The summed E-state index contributed by atoms with van der Waals surface area (Å²) in [5.41, 5.74) is 0.575. The van der Waals surface area contributed by atoms with Gasteiger partial charge in [-0.15, -0.1) is 11.3 Å². The monoisotopic (exact) mass is 256 g/mol. The molecule has 17 heavy (non-hydrogen) atoms. The fourth-order valence-corrected chi connectivity index (χ4v) is 2.54. The van der Waals surface area contributed by atoms with Crippen molar-refractivity contribution in [3.8, 4) is 0 Å². The van der Waals surface area contributed by atoms with E-state index in [0.29, 0.717) is 17.4 Å². The van der Waals surface area contributed by atoms with Crippen molar-refractivity contribution < 1.29 is 14.6 Å². The third-order valence-corrected chi connectivity index (χ3v) is 3.60. The largest absolute Gasteiger partial charge is 0.387 e. The molecular weight excluding hydrogens is 240 g/mol. The highest BCUT2D eigenvalue weighted by Gasteiger charge is 2.31. The van der Waals surface area contributed by atoms with Crippen LogP contribution in [0.25, 0.3) is 0 Å². The summed E-state index contributed by atoms with van der Waals surface area (Å²) in [5, 5.41) is 14.3. The zero-order valence-electron chi connectivity index (χ0n) is 9.84. The second-order valence-electron chi connectivity index (χ2n) is 4.30. The average Bonchev–Trinajstić information content (AvgIpc) is 2.86. The van der Waals surface area contributed by atoms with E-state index in [2.05, 4.69) is 10.3 Å². The van der Waals surface area contributed by atoms with Gasteiger partial charge in [0.25, 0.3) is 5.91 Å². The van der Waals surface area contributed by atoms with E-state index in [9.17, 15) is 9.90 Å². The maximum absolute atomic E-state index is 11.9. The van der Waals surface area contributed by atoms with Gasteiger partial charge in [-0.2, -0.15) is 0 Å². The summed E-state index contributed by atoms with van der Waals surface area (Å²) >= 11 is 1.31. The Morgan fingerprint density at radius 2 is 2.53 bits per heavy atom. The number of nitrogens with one attached hydrogen (secondary N) is 1. The van der Waals surface area contributed by atoms with Gasteiger partial charge in [0.1, 0.15) is 6.10 Å². The molecule has 0 radical (unpaired) electrons. The Kier molecular flexibility index (Phi) is 3.76. The number of carbonyl (C=O) groups excluding carboxylic acids is 1. The lowest BCUT2D eigenvalue weighted by molar-refractivity contribution is -0.126. The van der Waals surface area contributed by atoms with Crippen molar-refractivity contribution in [2.75, 3.05) is 11.9 Å². The van der Waals surface area contributed by atoms with E-state index < -0.39 is 6.10 Å². The lowest BCUT2D eigenvalue weighted by Gasteiger charge is -2.12. The van der Waals surface area contributed by atoms with Gasteiger partial charge in [0, 0.05) is 12.0 Å². The van der Waals surface area contributed by atoms with Gasteiger partial charge in [0.2, 0.25) is 0 Å². The molecule has 1 amide bonds. The van der Waals surface area contributed by atoms with Crippen molar-refractivity contribution in [3.05, 3.63) is 11.1 Å². The Balaban J connectivity index is 1.97. The molecular formula is C11H16N2O3S. The third-order valence-electron chi connectivity index (χ3n) is 2.83. The average molecular weight is 256 g/mol. The zero-order chi connectivity index (χ0) is 12.4. The number of aliphatic hydroxyl groups excluding tert-OH is 1. The molecule has 0 spiro atoms. The van der Waals surface area contributed by atoms with Crippen molar-refractivity contribution in [1.82, 2.24) is 4.98 Å². The van der Waals surface area contributed by atoms with Crippen molar-refractivity contribution in [2.24, 2.45) is 5.92 Å². The van der Waals surface area contributed by atoms with E-state index in [1.54, 1.807) is 12.3 Å². The molecule has 1 aromatic heterocycles. The molecule has 1 saturated heterocycles. The number of hydrogen-bond acceptors (Lipinski definition) is 5. The first-order valence-electron chi connectivity index (χ1n) is 5.64. The number of ether oxygens (including phenoxy) is 1. The first kappa shape index (κ1) is 12.5. The maximum atomic E-state index is 11.9. The predicted octanol–water partition coefficient (Wildman–Crippen LogP) is 1.56. The molecule has 2 rings (SSSR count). The molecule has 1 aromatic rings. The van der Waals surface area contributed by atoms with Gasteiger partial charge in [-0.1, -0.05) is 6.92 Å². The topological polar surface area (TPSA) is 71.5 Å². The minimum absolute atomic E-state index is 0.151. The van der Waals surface area contributed by atoms with Crippen LogP contribution in [0, 0.1) is 5.92 Å². The number of carbonyl (C=O) groups is 1. The van der Waals surface area contributed by atoms with Crippen LogP contribution < -0.4 is 5.32 Å². The molecule has 0 aromatic carbocycles. The Morgan fingerprint density at radius 3 is 3.06 bits per heavy atom. The summed E-state index contributed by atoms with van der Waals surface area (Å²) in [6.45, 7) is 4.28. The number of nitrogens with zero attached hydrogens (tertiary/aromatic N) is 1. The molecule has 1 aliphatic heterocycles. The molecule has 0 bridgehead atoms. The molecule has 1 fully saturated rings. The fraction of sp³-hybridized carbons (Fsp3) is 0.636. The van der Waals surface area contributed by atoms with E-state index in [0.717, 1.165) is 6.42 Å². The fourth-order valence-electron chi connectivity index (χ4n) is 1.74. The molecule has 2 heterocycles. The lowest BCUT2D eigenvalue weighted by atomic mass is 10.0. The van der Waals surface area contributed by atoms with E-state index in [1.807, 2.05) is 6.92 Å². The summed E-state index contributed by atoms with van der Waals surface area (Å²) < 4.78 is 5.37. The smallest absolute Gasteiger partial charge is 0.255 e. The second kappa shape index (κ2) is 5.12. The number of aromatic nitrogens is 1. The second-order valence-corrected chi connectivity index (χ2v) is 5.16. The van der Waals surface area contributed by atoms with Crippen LogP contribution in [0.2, 0.25) is 0 Å². The zero-order valence-corrected chi connectivity index (χ0v) is 10.7. The van der Waals surface area contributed by atoms with Gasteiger partial charge in [0.15, 0.2) is 5.13 Å². The highest BCUT2D eigenvalue weighted by molar-refractivity contribution is 7.13. The Bertz CT molecular complexity index is 405. The van der Waals surface area contributed by atoms with Crippen LogP contribution in [-0.4, -0.2) is 28.7 Å². The Labute approximate surface area is 104 Å². The van der Waals surface area contributed by atoms with Gasteiger partial charge < -0.3 is 9.84 Å². The molecule has 1 aliphatic rings. The Morgan fingerprint density at radius 1 is 1.76 bits per heavy atom. The first-order chi connectivity index (χ1) is 8.08. The van der Waals surface area contributed by atoms with Gasteiger partial charge >= 0.3 is 0 Å². The number of amides is 1. The van der Waals surface area contributed by atoms with Crippen LogP contribution >= 0.6 is 11.3 Å². The van der Waals surface area contributed by atoms with E-state index >= 15 is 0 Å². The van der Waals surface area contributed by atoms with Crippen molar-refractivity contribution >= 4 is 22.4 Å². The highest BCUT2D eigenvalue weighted by Crippen LogP contribution is 2.24. The van der Waals surface area contributed by atoms with E-state index in [1.165, 1.54) is 11.3 Å². The van der Waals surface area contributed by atoms with Crippen LogP contribution in [0.3, 0.4) is 0 Å². The minimum Gasteiger partial charge on any atom is -0.387 e. The maximum Gasteiger partial charge on any atom is 0.255 e. The highest BCUT2D eigenvalue weighted by atomic mass is 32.1. The van der Waals surface area contributed by atoms with Crippen molar-refractivity contribution in [1.29, 1.82) is 0 Å². The van der Waals surface area contributed by atoms with Crippen LogP contribution in [-0.2, 0) is 9.53 Å². The first-order valence-corrected chi connectivity index (χ1v) is 6.52. The third kappa shape index (κ3) is 2.83. The van der Waals surface area contributed by atoms with Gasteiger partial charge in [0.05, 0.1) is 11.8 Å². The van der Waals surface area contributed by atoms with Crippen molar-refractivity contribution in [3.63, 3.8) is 0 Å². The van der Waals surface area contributed by atoms with E-state index in [4.69, 9.17) is 4.74 Å². The SMILES string of the molecule is CC(O)c1csc(NC(=O)C2OCCC2C)n1. The minimum atomic E-state index is -0.612. The molecule has 3 atom stereocenters. The predicted molar refractivity (Wildman–Crippen MR) is 64.9 cm³/mol. The molecule has 0 saturated carbocycles. The standard InChI is InChI=1S/C11H16N2O3S/c1-6-3-4-16-9(6)10(15)13-11-12-8(5-17-11)7(2)14/h5-7,9,14H,3-4H2,1-2H3,(H,12,13,15). The van der Waals surface area contributed by atoms with E-state index in [-0.39, 0.29) is 17.9 Å². The number of aliphatic hydroxyl groups is 1. The van der Waals surface area contributed by atoms with Gasteiger partial charge in [-0.05, 0) is 19.3 Å². The number of hydrogen-bond donors (Lipinski definition) is 2. The summed E-state index contributed by atoms with van der Waals surface area (Å²) in [7, 11) is 0. The van der Waals surface area contributed by atoms with Crippen LogP contribution in [0.1, 0.15) is 32.1 Å². The Hall–Kier alpha value is -0.980. The number of thiazole rings is 1. The lowest BCUT2D eigenvalue weighted by Crippen LogP contribution is -2.31. The summed E-state index contributed by atoms with van der Waals surface area (Å²) in [6.07, 6.45) is -0.0815. The molecule has 6 heteroatoms. The summed E-state index contributed by atoms with van der Waals surface area (Å²) in [6, 6.07) is 0. The quantitative estimate of drug-likeness (QED) is 0.861. The van der Waals surface area contributed by atoms with Crippen LogP contribution in [0.5, 0.6) is 0 Å². The number of anilines is 1. The van der Waals surface area contributed by atoms with Crippen LogP contribution in [0.4, 0.5) is 5.13 Å². The van der Waals surface area contributed by atoms with Gasteiger partial charge in [-0.3, -0.25) is 10.1 Å². The molecule has 2 N–H and O–H groups in total. The summed E-state index contributed by atoms with van der Waals surface area (Å²) in [4.78, 5) is 16.0. The molecule has 3 unspecified atom stereocenters. The van der Waals surface area contributed by atoms with Crippen LogP contribution in [0.15, 0.2) is 5.38 Å². The molecule has 5 nitrogen and oxygen atoms in total. The molecule has 94 valence electrons. The van der Waals surface area contributed by atoms with Gasteiger partial charge in [-0.25, -0.2) is 4.98 Å². The summed E-state index contributed by atoms with van der Waals surface area (Å²) in [5.74, 6) is 0.0905. The normalized spacial score (nSPS) is 25.8. The van der Waals surface area contributed by atoms with Crippen molar-refractivity contribution in [2.45, 2.75) is 32.5 Å². The molecule has 0 aliphatic carbocycles.